The van der Waals surface area contributed by atoms with E-state index in [0.717, 1.165) is 0 Å². The monoisotopic (exact) mass is 194 g/mol. The minimum atomic E-state index is 0. The summed E-state index contributed by atoms with van der Waals surface area (Å²) in [7, 11) is 1.41. The maximum Gasteiger partial charge on any atom is 0.00279 e. The van der Waals surface area contributed by atoms with Crippen molar-refractivity contribution >= 4 is 22.6 Å². The van der Waals surface area contributed by atoms with Gasteiger partial charge in [0.25, 0.3) is 0 Å². The molecule has 0 spiro atoms. The lowest BCUT2D eigenvalue weighted by Gasteiger charge is -1.97. The predicted octanol–water partition coefficient (Wildman–Crippen LogP) is 2.94. The summed E-state index contributed by atoms with van der Waals surface area (Å²) >= 11 is 0. The van der Waals surface area contributed by atoms with Gasteiger partial charge in [-0.3, -0.25) is 0 Å². The van der Waals surface area contributed by atoms with Crippen LogP contribution in [0.5, 0.6) is 0 Å². The van der Waals surface area contributed by atoms with Gasteiger partial charge in [-0.1, -0.05) is 57.9 Å². The molecule has 11 heavy (non-hydrogen) atoms. The third-order valence-electron chi connectivity index (χ3n) is 1.96. The Kier molecular flexibility index (Phi) is 16.8. The molecule has 0 aliphatic rings. The Morgan fingerprint density at radius 2 is 1.27 bits per heavy atom. The summed E-state index contributed by atoms with van der Waals surface area (Å²) in [6, 6.07) is 1.51. The van der Waals surface area contributed by atoms with E-state index >= 15 is 0 Å². The zero-order chi connectivity index (χ0) is 7.66. The van der Waals surface area contributed by atoms with Gasteiger partial charge in [0.1, 0.15) is 0 Å². The fraction of sp³-hybridized carbons (Fsp3) is 1.00. The van der Waals surface area contributed by atoms with Crippen LogP contribution in [0.3, 0.4) is 0 Å². The molecule has 0 fully saturated rings. The molecular formula is C9H23ClSi. The fourth-order valence-corrected chi connectivity index (χ4v) is 1.71. The second kappa shape index (κ2) is 13.1. The summed E-state index contributed by atoms with van der Waals surface area (Å²) in [5, 5.41) is 0. The van der Waals surface area contributed by atoms with Crippen molar-refractivity contribution < 1.29 is 0 Å². The van der Waals surface area contributed by atoms with E-state index in [9.17, 15) is 0 Å². The van der Waals surface area contributed by atoms with Crippen molar-refractivity contribution in [2.24, 2.45) is 0 Å². The molecule has 0 N–H and O–H groups in total. The maximum absolute atomic E-state index is 2.28. The standard InChI is InChI=1S/C9H22Si.ClH/c1-2-3-4-5-6-7-8-9-10;/h2-9H2,1,10H3;1H. The van der Waals surface area contributed by atoms with E-state index in [-0.39, 0.29) is 12.4 Å². The number of hydrogen-bond acceptors (Lipinski definition) is 0. The molecule has 0 aromatic carbocycles. The van der Waals surface area contributed by atoms with E-state index in [1.807, 2.05) is 0 Å². The van der Waals surface area contributed by atoms with Crippen LogP contribution in [0, 0.1) is 0 Å². The van der Waals surface area contributed by atoms with Crippen LogP contribution in [0.4, 0.5) is 0 Å². The van der Waals surface area contributed by atoms with Crippen molar-refractivity contribution in [1.29, 1.82) is 0 Å². The predicted molar refractivity (Wildman–Crippen MR) is 60.0 cm³/mol. The molecule has 70 valence electrons. The highest BCUT2D eigenvalue weighted by Crippen LogP contribution is 2.07. The molecule has 0 nitrogen and oxygen atoms in total. The molecule has 0 aromatic rings. The first-order valence-corrected chi connectivity index (χ1v) is 6.33. The van der Waals surface area contributed by atoms with Gasteiger partial charge in [0.15, 0.2) is 0 Å². The van der Waals surface area contributed by atoms with Crippen molar-refractivity contribution in [3.63, 3.8) is 0 Å². The van der Waals surface area contributed by atoms with Crippen LogP contribution >= 0.6 is 12.4 Å². The van der Waals surface area contributed by atoms with Gasteiger partial charge in [-0.15, -0.1) is 12.4 Å². The van der Waals surface area contributed by atoms with E-state index in [1.165, 1.54) is 61.2 Å². The summed E-state index contributed by atoms with van der Waals surface area (Å²) in [6.45, 7) is 2.28. The lowest BCUT2D eigenvalue weighted by atomic mass is 10.1. The summed E-state index contributed by atoms with van der Waals surface area (Å²) in [6.07, 6.45) is 10.3. The third kappa shape index (κ3) is 13.5. The number of halogens is 1. The van der Waals surface area contributed by atoms with Gasteiger partial charge in [0.2, 0.25) is 0 Å². The van der Waals surface area contributed by atoms with Gasteiger partial charge in [0.05, 0.1) is 0 Å². The molecule has 0 saturated carbocycles. The highest BCUT2D eigenvalue weighted by atomic mass is 35.5. The highest BCUT2D eigenvalue weighted by Gasteiger charge is 1.87. The summed E-state index contributed by atoms with van der Waals surface area (Å²) < 4.78 is 0. The molecule has 0 bridgehead atoms. The van der Waals surface area contributed by atoms with Gasteiger partial charge in [0, 0.05) is 10.2 Å². The van der Waals surface area contributed by atoms with Gasteiger partial charge < -0.3 is 0 Å². The first kappa shape index (κ1) is 14.1. The van der Waals surface area contributed by atoms with Crippen molar-refractivity contribution in [2.75, 3.05) is 0 Å². The second-order valence-electron chi connectivity index (χ2n) is 3.12. The Morgan fingerprint density at radius 1 is 0.818 bits per heavy atom. The third-order valence-corrected chi connectivity index (χ3v) is 2.66. The van der Waals surface area contributed by atoms with Crippen molar-refractivity contribution in [1.82, 2.24) is 0 Å². The molecule has 0 rings (SSSR count). The molecule has 0 heterocycles. The molecule has 0 saturated heterocycles. The Morgan fingerprint density at radius 3 is 1.73 bits per heavy atom. The van der Waals surface area contributed by atoms with Crippen LogP contribution < -0.4 is 0 Å². The summed E-state index contributed by atoms with van der Waals surface area (Å²) in [4.78, 5) is 0. The summed E-state index contributed by atoms with van der Waals surface area (Å²) in [5.41, 5.74) is 0. The van der Waals surface area contributed by atoms with Crippen molar-refractivity contribution in [2.45, 2.75) is 57.9 Å². The van der Waals surface area contributed by atoms with Crippen molar-refractivity contribution in [3.05, 3.63) is 0 Å². The van der Waals surface area contributed by atoms with Gasteiger partial charge in [-0.2, -0.15) is 0 Å². The molecular weight excluding hydrogens is 172 g/mol. The second-order valence-corrected chi connectivity index (χ2v) is 4.12. The quantitative estimate of drug-likeness (QED) is 0.432. The largest absolute Gasteiger partial charge is 0.147 e. The van der Waals surface area contributed by atoms with Gasteiger partial charge >= 0.3 is 0 Å². The van der Waals surface area contributed by atoms with E-state index in [1.54, 1.807) is 0 Å². The Bertz CT molecular complexity index is 49.5. The lowest BCUT2D eigenvalue weighted by molar-refractivity contribution is 0.602. The Hall–Kier alpha value is 0.507. The van der Waals surface area contributed by atoms with Crippen LogP contribution in [0.25, 0.3) is 0 Å². The van der Waals surface area contributed by atoms with Crippen LogP contribution in [-0.2, 0) is 0 Å². The average molecular weight is 195 g/mol. The van der Waals surface area contributed by atoms with E-state index in [4.69, 9.17) is 0 Å². The molecule has 0 unspecified atom stereocenters. The number of unbranched alkanes of at least 4 members (excludes halogenated alkanes) is 6. The minimum Gasteiger partial charge on any atom is -0.147 e. The molecule has 0 aliphatic heterocycles. The van der Waals surface area contributed by atoms with E-state index in [2.05, 4.69) is 6.92 Å². The number of rotatable bonds is 7. The molecule has 0 aliphatic carbocycles. The average Bonchev–Trinajstić information content (AvgIpc) is 1.97. The van der Waals surface area contributed by atoms with Crippen LogP contribution in [0.2, 0.25) is 6.04 Å². The highest BCUT2D eigenvalue weighted by molar-refractivity contribution is 6.08. The topological polar surface area (TPSA) is 0 Å². The normalized spacial score (nSPS) is 9.55. The van der Waals surface area contributed by atoms with Gasteiger partial charge in [-0.25, -0.2) is 0 Å². The SMILES string of the molecule is CCCCCCCCC[SiH3].Cl. The van der Waals surface area contributed by atoms with E-state index in [0.29, 0.717) is 0 Å². The Labute approximate surface area is 81.0 Å². The van der Waals surface area contributed by atoms with Crippen LogP contribution in [0.15, 0.2) is 0 Å². The molecule has 0 amide bonds. The Balaban J connectivity index is 0. The fourth-order valence-electron chi connectivity index (χ4n) is 1.21. The zero-order valence-corrected chi connectivity index (χ0v) is 10.9. The smallest absolute Gasteiger partial charge is 0.00279 e. The first-order valence-electron chi connectivity index (χ1n) is 4.91. The summed E-state index contributed by atoms with van der Waals surface area (Å²) in [5.74, 6) is 0. The van der Waals surface area contributed by atoms with Crippen LogP contribution in [0.1, 0.15) is 51.9 Å². The minimum absolute atomic E-state index is 0. The first-order chi connectivity index (χ1) is 4.91. The number of hydrogen-bond donors (Lipinski definition) is 0. The van der Waals surface area contributed by atoms with E-state index < -0.39 is 0 Å². The zero-order valence-electron chi connectivity index (χ0n) is 8.07. The lowest BCUT2D eigenvalue weighted by Crippen LogP contribution is -1.78. The maximum atomic E-state index is 2.28. The van der Waals surface area contributed by atoms with Crippen molar-refractivity contribution in [3.8, 4) is 0 Å². The molecule has 2 heteroatoms. The molecule has 0 aromatic heterocycles. The molecule has 0 radical (unpaired) electrons. The van der Waals surface area contributed by atoms with Crippen LogP contribution in [-0.4, -0.2) is 10.2 Å². The molecule has 0 atom stereocenters. The van der Waals surface area contributed by atoms with Gasteiger partial charge in [-0.05, 0) is 0 Å².